The van der Waals surface area contributed by atoms with Crippen LogP contribution in [0.25, 0.3) is 0 Å². The van der Waals surface area contributed by atoms with Gasteiger partial charge in [-0.1, -0.05) is 18.2 Å². The lowest BCUT2D eigenvalue weighted by atomic mass is 9.91. The van der Waals surface area contributed by atoms with Gasteiger partial charge in [0.2, 0.25) is 0 Å². The van der Waals surface area contributed by atoms with Crippen molar-refractivity contribution in [3.8, 4) is 5.75 Å². The van der Waals surface area contributed by atoms with Crippen LogP contribution >= 0.6 is 0 Å². The lowest BCUT2D eigenvalue weighted by Gasteiger charge is -2.28. The van der Waals surface area contributed by atoms with Crippen molar-refractivity contribution in [1.82, 2.24) is 0 Å². The predicted molar refractivity (Wildman–Crippen MR) is 66.4 cm³/mol. The number of hydrogen-bond acceptors (Lipinski definition) is 4. The number of sulfone groups is 1. The number of hydrogen-bond donors (Lipinski definition) is 2. The lowest BCUT2D eigenvalue weighted by molar-refractivity contribution is 0.396. The maximum atomic E-state index is 11.6. The van der Waals surface area contributed by atoms with Gasteiger partial charge in [-0.2, -0.15) is 0 Å². The Bertz CT molecular complexity index is 498. The second kappa shape index (κ2) is 4.66. The molecule has 2 rings (SSSR count). The molecule has 1 aliphatic heterocycles. The van der Waals surface area contributed by atoms with E-state index < -0.39 is 15.9 Å². The summed E-state index contributed by atoms with van der Waals surface area (Å²) >= 11 is 0. The molecule has 1 heterocycles. The van der Waals surface area contributed by atoms with Crippen LogP contribution in [-0.4, -0.2) is 25.0 Å². The number of para-hydroxylation sites is 1. The molecule has 1 aliphatic rings. The summed E-state index contributed by atoms with van der Waals surface area (Å²) in [7, 11) is -2.96. The molecule has 0 bridgehead atoms. The van der Waals surface area contributed by atoms with Crippen molar-refractivity contribution in [2.75, 3.05) is 11.5 Å². The van der Waals surface area contributed by atoms with Crippen molar-refractivity contribution < 1.29 is 13.5 Å². The Morgan fingerprint density at radius 2 is 2.06 bits per heavy atom. The summed E-state index contributed by atoms with van der Waals surface area (Å²) in [6, 6.07) is 6.44. The van der Waals surface area contributed by atoms with E-state index in [1.165, 1.54) is 0 Å². The van der Waals surface area contributed by atoms with Gasteiger partial charge in [0.1, 0.15) is 5.75 Å². The van der Waals surface area contributed by atoms with Gasteiger partial charge in [0.15, 0.2) is 9.84 Å². The Labute approximate surface area is 101 Å². The molecule has 94 valence electrons. The molecule has 5 heteroatoms. The fourth-order valence-corrected chi connectivity index (χ4v) is 4.16. The molecule has 0 saturated carbocycles. The van der Waals surface area contributed by atoms with Gasteiger partial charge in [0.05, 0.1) is 11.5 Å². The van der Waals surface area contributed by atoms with Gasteiger partial charge in [-0.25, -0.2) is 8.42 Å². The van der Waals surface area contributed by atoms with Gasteiger partial charge < -0.3 is 10.8 Å². The van der Waals surface area contributed by atoms with Crippen LogP contribution in [0.2, 0.25) is 0 Å². The number of phenolic OH excluding ortho intramolecular Hbond substituents is 1. The minimum atomic E-state index is -2.96. The van der Waals surface area contributed by atoms with Crippen molar-refractivity contribution in [2.24, 2.45) is 11.7 Å². The van der Waals surface area contributed by atoms with E-state index in [0.717, 1.165) is 6.42 Å². The molecule has 1 fully saturated rings. The maximum Gasteiger partial charge on any atom is 0.150 e. The molecule has 0 aromatic heterocycles. The van der Waals surface area contributed by atoms with Crippen LogP contribution in [0.3, 0.4) is 0 Å². The molecular formula is C12H17NO3S. The quantitative estimate of drug-likeness (QED) is 0.832. The van der Waals surface area contributed by atoms with Gasteiger partial charge in [0, 0.05) is 11.6 Å². The fourth-order valence-electron chi connectivity index (χ4n) is 2.36. The van der Waals surface area contributed by atoms with Crippen LogP contribution < -0.4 is 5.73 Å². The molecule has 0 amide bonds. The molecule has 2 atom stereocenters. The molecular weight excluding hydrogens is 238 g/mol. The number of nitrogens with two attached hydrogens (primary N) is 1. The van der Waals surface area contributed by atoms with E-state index >= 15 is 0 Å². The Hall–Kier alpha value is -1.07. The number of rotatable bonds is 2. The fraction of sp³-hybridized carbons (Fsp3) is 0.500. The Morgan fingerprint density at radius 1 is 1.35 bits per heavy atom. The highest BCUT2D eigenvalue weighted by molar-refractivity contribution is 7.91. The second-order valence-corrected chi connectivity index (χ2v) is 6.83. The molecule has 0 radical (unpaired) electrons. The summed E-state index contributed by atoms with van der Waals surface area (Å²) < 4.78 is 23.1. The van der Waals surface area contributed by atoms with E-state index in [1.807, 2.05) is 0 Å². The SMILES string of the molecule is NC(c1ccccc1O)C1CCCS(=O)(=O)C1. The van der Waals surface area contributed by atoms with Crippen LogP contribution in [0.4, 0.5) is 0 Å². The highest BCUT2D eigenvalue weighted by Gasteiger charge is 2.30. The molecule has 0 aliphatic carbocycles. The minimum Gasteiger partial charge on any atom is -0.508 e. The number of benzene rings is 1. The van der Waals surface area contributed by atoms with Crippen molar-refractivity contribution in [1.29, 1.82) is 0 Å². The standard InChI is InChI=1S/C12H17NO3S/c13-12(10-5-1-2-6-11(10)14)9-4-3-7-17(15,16)8-9/h1-2,5-6,9,12,14H,3-4,7-8,13H2. The summed E-state index contributed by atoms with van der Waals surface area (Å²) in [5.41, 5.74) is 6.70. The number of aromatic hydroxyl groups is 1. The molecule has 1 saturated heterocycles. The maximum absolute atomic E-state index is 11.6. The first-order valence-corrected chi connectivity index (χ1v) is 7.55. The van der Waals surface area contributed by atoms with E-state index in [2.05, 4.69) is 0 Å². The topological polar surface area (TPSA) is 80.4 Å². The molecule has 1 aromatic rings. The second-order valence-electron chi connectivity index (χ2n) is 4.60. The van der Waals surface area contributed by atoms with E-state index in [4.69, 9.17) is 5.73 Å². The van der Waals surface area contributed by atoms with Crippen LogP contribution in [-0.2, 0) is 9.84 Å². The first kappa shape index (κ1) is 12.4. The van der Waals surface area contributed by atoms with Gasteiger partial charge >= 0.3 is 0 Å². The zero-order valence-electron chi connectivity index (χ0n) is 9.54. The van der Waals surface area contributed by atoms with Gasteiger partial charge in [-0.05, 0) is 24.8 Å². The summed E-state index contributed by atoms with van der Waals surface area (Å²) in [5, 5.41) is 9.71. The Kier molecular flexibility index (Phi) is 3.40. The molecule has 4 nitrogen and oxygen atoms in total. The number of phenols is 1. The largest absolute Gasteiger partial charge is 0.508 e. The zero-order valence-corrected chi connectivity index (χ0v) is 10.4. The highest BCUT2D eigenvalue weighted by Crippen LogP contribution is 2.32. The van der Waals surface area contributed by atoms with Crippen molar-refractivity contribution in [2.45, 2.75) is 18.9 Å². The normalized spacial score (nSPS) is 25.4. The van der Waals surface area contributed by atoms with Gasteiger partial charge in [-0.3, -0.25) is 0 Å². The van der Waals surface area contributed by atoms with E-state index in [-0.39, 0.29) is 23.2 Å². The molecule has 1 aromatic carbocycles. The van der Waals surface area contributed by atoms with Crippen LogP contribution in [0, 0.1) is 5.92 Å². The average Bonchev–Trinajstić information content (AvgIpc) is 2.27. The van der Waals surface area contributed by atoms with Crippen molar-refractivity contribution >= 4 is 9.84 Å². The molecule has 0 spiro atoms. The highest BCUT2D eigenvalue weighted by atomic mass is 32.2. The third-order valence-corrected chi connectivity index (χ3v) is 5.15. The zero-order chi connectivity index (χ0) is 12.5. The van der Waals surface area contributed by atoms with Gasteiger partial charge in [-0.15, -0.1) is 0 Å². The van der Waals surface area contributed by atoms with Crippen molar-refractivity contribution in [3.05, 3.63) is 29.8 Å². The molecule has 17 heavy (non-hydrogen) atoms. The Morgan fingerprint density at radius 3 is 2.71 bits per heavy atom. The van der Waals surface area contributed by atoms with Gasteiger partial charge in [0.25, 0.3) is 0 Å². The van der Waals surface area contributed by atoms with E-state index in [0.29, 0.717) is 12.0 Å². The first-order valence-electron chi connectivity index (χ1n) is 5.73. The van der Waals surface area contributed by atoms with Crippen LogP contribution in [0.15, 0.2) is 24.3 Å². The first-order chi connectivity index (χ1) is 7.99. The minimum absolute atomic E-state index is 0.0953. The van der Waals surface area contributed by atoms with E-state index in [1.54, 1.807) is 24.3 Å². The van der Waals surface area contributed by atoms with Crippen LogP contribution in [0.5, 0.6) is 5.75 Å². The molecule has 3 N–H and O–H groups in total. The monoisotopic (exact) mass is 255 g/mol. The summed E-state index contributed by atoms with van der Waals surface area (Å²) in [6.07, 6.45) is 1.46. The predicted octanol–water partition coefficient (Wildman–Crippen LogP) is 1.22. The van der Waals surface area contributed by atoms with E-state index in [9.17, 15) is 13.5 Å². The average molecular weight is 255 g/mol. The lowest BCUT2D eigenvalue weighted by Crippen LogP contribution is -2.33. The third kappa shape index (κ3) is 2.79. The van der Waals surface area contributed by atoms with Crippen molar-refractivity contribution in [3.63, 3.8) is 0 Å². The van der Waals surface area contributed by atoms with Crippen LogP contribution in [0.1, 0.15) is 24.4 Å². The summed E-state index contributed by atoms with van der Waals surface area (Å²) in [5.74, 6) is 0.435. The molecule has 2 unspecified atom stereocenters. The summed E-state index contributed by atoms with van der Waals surface area (Å²) in [4.78, 5) is 0. The summed E-state index contributed by atoms with van der Waals surface area (Å²) in [6.45, 7) is 0. The smallest absolute Gasteiger partial charge is 0.150 e. The third-order valence-electron chi connectivity index (χ3n) is 3.30. The Balaban J connectivity index is 2.21.